The van der Waals surface area contributed by atoms with Gasteiger partial charge in [0.25, 0.3) is 0 Å². The summed E-state index contributed by atoms with van der Waals surface area (Å²) in [6.07, 6.45) is -10.9. The maximum atomic E-state index is 12.0. The van der Waals surface area contributed by atoms with Crippen LogP contribution in [0.1, 0.15) is 0 Å². The van der Waals surface area contributed by atoms with Gasteiger partial charge in [-0.05, 0) is 0 Å². The topological polar surface area (TPSA) is 0 Å². The molecule has 0 amide bonds. The molecular formula is C4HF8I. The molecule has 0 radical (unpaired) electrons. The van der Waals surface area contributed by atoms with Crippen LogP contribution in [0.3, 0.4) is 0 Å². The average Bonchev–Trinajstić information content (AvgIpc) is 1.81. The van der Waals surface area contributed by atoms with E-state index in [1.165, 1.54) is 0 Å². The summed E-state index contributed by atoms with van der Waals surface area (Å²) in [4.78, 5) is 0. The Morgan fingerprint density at radius 1 is 0.846 bits per heavy atom. The van der Waals surface area contributed by atoms with Gasteiger partial charge in [-0.25, -0.2) is 4.39 Å². The smallest absolute Gasteiger partial charge is 0.233 e. The molecule has 0 aromatic heterocycles. The van der Waals surface area contributed by atoms with Gasteiger partial charge in [0.2, 0.25) is 6.17 Å². The van der Waals surface area contributed by atoms with E-state index in [0.717, 1.165) is 0 Å². The lowest BCUT2D eigenvalue weighted by Gasteiger charge is -2.25. The molecule has 0 spiro atoms. The minimum Gasteiger partial charge on any atom is -0.233 e. The van der Waals surface area contributed by atoms with Crippen molar-refractivity contribution < 1.29 is 35.1 Å². The Bertz CT molecular complexity index is 178. The van der Waals surface area contributed by atoms with Crippen LogP contribution in [-0.2, 0) is 0 Å². The SMILES string of the molecule is FC(C(F)(F)I)C(F)(F)C(F)(F)F. The van der Waals surface area contributed by atoms with Gasteiger partial charge in [0, 0.05) is 22.6 Å². The summed E-state index contributed by atoms with van der Waals surface area (Å²) in [5.74, 6) is -6.04. The zero-order valence-electron chi connectivity index (χ0n) is 5.48. The van der Waals surface area contributed by atoms with Gasteiger partial charge in [0.05, 0.1) is 0 Å². The van der Waals surface area contributed by atoms with Crippen LogP contribution in [-0.4, -0.2) is 22.2 Å². The quantitative estimate of drug-likeness (QED) is 0.413. The summed E-state index contributed by atoms with van der Waals surface area (Å²) in [6, 6.07) is 0. The molecule has 0 saturated heterocycles. The molecule has 0 aliphatic rings. The highest BCUT2D eigenvalue weighted by Crippen LogP contribution is 2.46. The Morgan fingerprint density at radius 2 is 1.15 bits per heavy atom. The third-order valence-electron chi connectivity index (χ3n) is 0.984. The van der Waals surface area contributed by atoms with Crippen LogP contribution in [0.25, 0.3) is 0 Å². The largest absolute Gasteiger partial charge is 0.456 e. The van der Waals surface area contributed by atoms with E-state index in [-0.39, 0.29) is 22.6 Å². The minimum absolute atomic E-state index is 0.120. The third-order valence-corrected chi connectivity index (χ3v) is 1.53. The van der Waals surface area contributed by atoms with Crippen molar-refractivity contribution in [1.82, 2.24) is 0 Å². The molecule has 1 unspecified atom stereocenters. The first kappa shape index (κ1) is 13.2. The van der Waals surface area contributed by atoms with Gasteiger partial charge in [-0.15, -0.1) is 0 Å². The van der Waals surface area contributed by atoms with E-state index in [2.05, 4.69) is 0 Å². The summed E-state index contributed by atoms with van der Waals surface area (Å²) in [5.41, 5.74) is 0. The lowest BCUT2D eigenvalue weighted by atomic mass is 10.2. The van der Waals surface area contributed by atoms with E-state index in [0.29, 0.717) is 0 Å². The third kappa shape index (κ3) is 2.81. The van der Waals surface area contributed by atoms with Crippen molar-refractivity contribution in [1.29, 1.82) is 0 Å². The number of hydrogen-bond donors (Lipinski definition) is 0. The number of hydrogen-bond acceptors (Lipinski definition) is 0. The molecule has 0 aliphatic heterocycles. The molecule has 80 valence electrons. The van der Waals surface area contributed by atoms with Gasteiger partial charge in [-0.1, -0.05) is 0 Å². The molecule has 0 heterocycles. The van der Waals surface area contributed by atoms with Crippen LogP contribution in [0.4, 0.5) is 35.1 Å². The lowest BCUT2D eigenvalue weighted by molar-refractivity contribution is -0.316. The molecule has 13 heavy (non-hydrogen) atoms. The van der Waals surface area contributed by atoms with Crippen LogP contribution in [0.15, 0.2) is 0 Å². The molecule has 0 saturated carbocycles. The molecule has 0 aromatic carbocycles. The second-order valence-corrected chi connectivity index (χ2v) is 3.46. The zero-order valence-corrected chi connectivity index (χ0v) is 7.64. The van der Waals surface area contributed by atoms with Gasteiger partial charge in [0.1, 0.15) is 0 Å². The molecule has 0 nitrogen and oxygen atoms in total. The van der Waals surface area contributed by atoms with E-state index in [4.69, 9.17) is 0 Å². The van der Waals surface area contributed by atoms with E-state index in [1.807, 2.05) is 0 Å². The monoisotopic (exact) mass is 328 g/mol. The van der Waals surface area contributed by atoms with Crippen molar-refractivity contribution >= 4 is 22.6 Å². The fourth-order valence-electron chi connectivity index (χ4n) is 0.349. The average molecular weight is 328 g/mol. The van der Waals surface area contributed by atoms with Crippen LogP contribution in [0.2, 0.25) is 0 Å². The summed E-state index contributed by atoms with van der Waals surface area (Å²) in [7, 11) is 0. The van der Waals surface area contributed by atoms with Crippen LogP contribution in [0.5, 0.6) is 0 Å². The van der Waals surface area contributed by atoms with Crippen molar-refractivity contribution in [3.63, 3.8) is 0 Å². The number of rotatable bonds is 2. The molecule has 1 atom stereocenters. The molecule has 0 rings (SSSR count). The van der Waals surface area contributed by atoms with Crippen molar-refractivity contribution in [3.8, 4) is 0 Å². The van der Waals surface area contributed by atoms with E-state index >= 15 is 0 Å². The molecule has 0 aliphatic carbocycles. The fraction of sp³-hybridized carbons (Fsp3) is 1.00. The van der Waals surface area contributed by atoms with Crippen LogP contribution < -0.4 is 0 Å². The zero-order chi connectivity index (χ0) is 11.1. The van der Waals surface area contributed by atoms with Crippen molar-refractivity contribution in [3.05, 3.63) is 0 Å². The van der Waals surface area contributed by atoms with Crippen LogP contribution in [0, 0.1) is 0 Å². The Kier molecular flexibility index (Phi) is 3.43. The Hall–Kier alpha value is 0.170. The van der Waals surface area contributed by atoms with E-state index in [1.54, 1.807) is 0 Å². The highest BCUT2D eigenvalue weighted by molar-refractivity contribution is 14.1. The molecule has 0 bridgehead atoms. The maximum absolute atomic E-state index is 12.0. The Morgan fingerprint density at radius 3 is 1.23 bits per heavy atom. The first-order valence-corrected chi connectivity index (χ1v) is 3.64. The summed E-state index contributed by atoms with van der Waals surface area (Å²) < 4.78 is 88.3. The molecule has 0 fully saturated rings. The van der Waals surface area contributed by atoms with Gasteiger partial charge in [0.15, 0.2) is 0 Å². The maximum Gasteiger partial charge on any atom is 0.456 e. The minimum atomic E-state index is -6.32. The molecule has 0 aromatic rings. The number of halogens is 9. The highest BCUT2D eigenvalue weighted by Gasteiger charge is 2.69. The van der Waals surface area contributed by atoms with Crippen LogP contribution >= 0.6 is 22.6 Å². The van der Waals surface area contributed by atoms with E-state index < -0.39 is 22.2 Å². The molecule has 9 heteroatoms. The first-order chi connectivity index (χ1) is 5.40. The summed E-state index contributed by atoms with van der Waals surface area (Å²) >= 11 is -0.120. The van der Waals surface area contributed by atoms with Crippen molar-refractivity contribution in [2.24, 2.45) is 0 Å². The lowest BCUT2D eigenvalue weighted by Crippen LogP contribution is -2.50. The second kappa shape index (κ2) is 3.39. The van der Waals surface area contributed by atoms with Gasteiger partial charge >= 0.3 is 16.0 Å². The van der Waals surface area contributed by atoms with Gasteiger partial charge < -0.3 is 0 Å². The van der Waals surface area contributed by atoms with E-state index in [9.17, 15) is 35.1 Å². The predicted molar refractivity (Wildman–Crippen MR) is 34.9 cm³/mol. The molecule has 0 N–H and O–H groups in total. The highest BCUT2D eigenvalue weighted by atomic mass is 127. The van der Waals surface area contributed by atoms with Gasteiger partial charge in [-0.2, -0.15) is 30.7 Å². The van der Waals surface area contributed by atoms with Crippen molar-refractivity contribution in [2.75, 3.05) is 0 Å². The number of alkyl halides is 9. The summed E-state index contributed by atoms with van der Waals surface area (Å²) in [6.45, 7) is 0. The summed E-state index contributed by atoms with van der Waals surface area (Å²) in [5, 5.41) is 0. The Balaban J connectivity index is 4.86. The Labute approximate surface area is 80.4 Å². The fourth-order valence-corrected chi connectivity index (χ4v) is 0.740. The first-order valence-electron chi connectivity index (χ1n) is 2.56. The second-order valence-electron chi connectivity index (χ2n) is 2.02. The molecular weight excluding hydrogens is 327 g/mol. The predicted octanol–water partition coefficient (Wildman–Crippen LogP) is 3.55. The standard InChI is InChI=1S/C4HF8I/c5-1(3(8,9)13)2(6,7)4(10,11)12/h1H. The van der Waals surface area contributed by atoms with Crippen molar-refractivity contribution in [2.45, 2.75) is 22.2 Å². The normalized spacial score (nSPS) is 17.3. The van der Waals surface area contributed by atoms with Gasteiger partial charge in [-0.3, -0.25) is 0 Å².